The van der Waals surface area contributed by atoms with Crippen LogP contribution in [0, 0.1) is 6.92 Å². The van der Waals surface area contributed by atoms with Crippen LogP contribution < -0.4 is 10.0 Å². The molecule has 2 N–H and O–H groups in total. The number of anilines is 1. The molecule has 0 unspecified atom stereocenters. The Hall–Kier alpha value is -2.09. The van der Waals surface area contributed by atoms with E-state index < -0.39 is 10.0 Å². The molecule has 1 amide bonds. The molecule has 0 bridgehead atoms. The number of sulfonamides is 1. The van der Waals surface area contributed by atoms with Crippen molar-refractivity contribution in [1.29, 1.82) is 0 Å². The summed E-state index contributed by atoms with van der Waals surface area (Å²) in [6.45, 7) is 2.49. The van der Waals surface area contributed by atoms with Crippen molar-refractivity contribution in [2.24, 2.45) is 0 Å². The molecule has 2 aromatic rings. The van der Waals surface area contributed by atoms with Gasteiger partial charge < -0.3 is 10.1 Å². The molecule has 25 heavy (non-hydrogen) atoms. The van der Waals surface area contributed by atoms with Gasteiger partial charge in [0.2, 0.25) is 0 Å². The van der Waals surface area contributed by atoms with Crippen molar-refractivity contribution in [3.63, 3.8) is 0 Å². The highest BCUT2D eigenvalue weighted by Crippen LogP contribution is 2.23. The molecule has 0 aromatic heterocycles. The predicted octanol–water partition coefficient (Wildman–Crippen LogP) is 2.83. The Bertz CT molecular complexity index is 869. The smallest absolute Gasteiger partial charge is 0.261 e. The van der Waals surface area contributed by atoms with Crippen molar-refractivity contribution >= 4 is 33.2 Å². The fourth-order valence-corrected chi connectivity index (χ4v) is 3.42. The first-order chi connectivity index (χ1) is 11.8. The minimum Gasteiger partial charge on any atom is -0.383 e. The number of nitrogens with one attached hydrogen (secondary N) is 2. The Morgan fingerprint density at radius 2 is 1.96 bits per heavy atom. The number of hydrogen-bond donors (Lipinski definition) is 2. The quantitative estimate of drug-likeness (QED) is 0.721. The van der Waals surface area contributed by atoms with Crippen LogP contribution in [-0.4, -0.2) is 34.6 Å². The van der Waals surface area contributed by atoms with Crippen LogP contribution in [-0.2, 0) is 14.8 Å². The van der Waals surface area contributed by atoms with Gasteiger partial charge in [-0.15, -0.1) is 0 Å². The molecule has 2 aromatic carbocycles. The zero-order chi connectivity index (χ0) is 18.4. The van der Waals surface area contributed by atoms with Gasteiger partial charge in [0.15, 0.2) is 0 Å². The summed E-state index contributed by atoms with van der Waals surface area (Å²) in [7, 11) is -2.32. The first-order valence-electron chi connectivity index (χ1n) is 7.49. The Labute approximate surface area is 152 Å². The minimum atomic E-state index is -3.85. The fourth-order valence-electron chi connectivity index (χ4n) is 2.08. The molecule has 0 heterocycles. The number of rotatable bonds is 7. The van der Waals surface area contributed by atoms with Gasteiger partial charge in [-0.05, 0) is 42.8 Å². The number of benzene rings is 2. The van der Waals surface area contributed by atoms with E-state index in [9.17, 15) is 13.2 Å². The minimum absolute atomic E-state index is 0.00809. The molecule has 8 heteroatoms. The van der Waals surface area contributed by atoms with Crippen LogP contribution >= 0.6 is 11.6 Å². The second kappa shape index (κ2) is 8.33. The molecule has 0 fully saturated rings. The van der Waals surface area contributed by atoms with Crippen LogP contribution in [0.25, 0.3) is 0 Å². The molecule has 0 spiro atoms. The van der Waals surface area contributed by atoms with E-state index in [-0.39, 0.29) is 16.4 Å². The highest BCUT2D eigenvalue weighted by atomic mass is 35.5. The molecule has 6 nitrogen and oxygen atoms in total. The molecule has 2 rings (SSSR count). The molecule has 134 valence electrons. The highest BCUT2D eigenvalue weighted by molar-refractivity contribution is 7.92. The summed E-state index contributed by atoms with van der Waals surface area (Å²) in [4.78, 5) is 12.0. The summed E-state index contributed by atoms with van der Waals surface area (Å²) < 4.78 is 32.5. The fraction of sp³-hybridized carbons (Fsp3) is 0.235. The maximum Gasteiger partial charge on any atom is 0.261 e. The highest BCUT2D eigenvalue weighted by Gasteiger charge is 2.17. The van der Waals surface area contributed by atoms with Crippen molar-refractivity contribution in [2.45, 2.75) is 11.8 Å². The summed E-state index contributed by atoms with van der Waals surface area (Å²) >= 11 is 5.92. The normalized spacial score (nSPS) is 11.2. The average Bonchev–Trinajstić information content (AvgIpc) is 2.58. The number of aryl methyl sites for hydroxylation is 1. The molecular formula is C17H19ClN2O4S. The lowest BCUT2D eigenvalue weighted by Gasteiger charge is -2.12. The van der Waals surface area contributed by atoms with Crippen molar-refractivity contribution in [1.82, 2.24) is 5.32 Å². The molecule has 0 aliphatic heterocycles. The maximum absolute atomic E-state index is 12.6. The summed E-state index contributed by atoms with van der Waals surface area (Å²) in [5.41, 5.74) is 1.38. The van der Waals surface area contributed by atoms with Gasteiger partial charge in [-0.1, -0.05) is 23.7 Å². The van der Waals surface area contributed by atoms with E-state index in [2.05, 4.69) is 10.0 Å². The first kappa shape index (κ1) is 19.2. The molecule has 0 saturated carbocycles. The summed E-state index contributed by atoms with van der Waals surface area (Å²) in [5.74, 6) is -0.368. The summed E-state index contributed by atoms with van der Waals surface area (Å²) in [6.07, 6.45) is 0. The zero-order valence-electron chi connectivity index (χ0n) is 13.9. The third-order valence-electron chi connectivity index (χ3n) is 3.44. The third-order valence-corrected chi connectivity index (χ3v) is 5.04. The Morgan fingerprint density at radius 3 is 2.68 bits per heavy atom. The molecule has 0 aliphatic carbocycles. The number of methoxy groups -OCH3 is 1. The van der Waals surface area contributed by atoms with Crippen LogP contribution in [0.1, 0.15) is 15.9 Å². The third kappa shape index (κ3) is 5.19. The molecule has 0 aliphatic rings. The number of ether oxygens (including phenoxy) is 1. The number of carbonyl (C=O) groups excluding carboxylic acids is 1. The van der Waals surface area contributed by atoms with Gasteiger partial charge in [0, 0.05) is 24.2 Å². The number of carbonyl (C=O) groups is 1. The van der Waals surface area contributed by atoms with E-state index in [0.717, 1.165) is 5.56 Å². The molecule has 0 atom stereocenters. The van der Waals surface area contributed by atoms with E-state index in [0.29, 0.717) is 23.9 Å². The van der Waals surface area contributed by atoms with Crippen molar-refractivity contribution in [3.8, 4) is 0 Å². The second-order valence-corrected chi connectivity index (χ2v) is 7.46. The standard InChI is InChI=1S/C17H19ClN2O4S/c1-12-6-7-14(18)11-16(12)20-25(22,23)15-5-3-4-13(10-15)17(21)19-8-9-24-2/h3-7,10-11,20H,8-9H2,1-2H3,(H,19,21). The Balaban J connectivity index is 2.23. The Kier molecular flexibility index (Phi) is 6.41. The zero-order valence-corrected chi connectivity index (χ0v) is 15.4. The van der Waals surface area contributed by atoms with E-state index >= 15 is 0 Å². The summed E-state index contributed by atoms with van der Waals surface area (Å²) in [6, 6.07) is 10.8. The Morgan fingerprint density at radius 1 is 1.20 bits per heavy atom. The lowest BCUT2D eigenvalue weighted by molar-refractivity contribution is 0.0937. The predicted molar refractivity (Wildman–Crippen MR) is 97.6 cm³/mol. The second-order valence-electron chi connectivity index (χ2n) is 5.34. The molecule has 0 saturated heterocycles. The average molecular weight is 383 g/mol. The SMILES string of the molecule is COCCNC(=O)c1cccc(S(=O)(=O)Nc2cc(Cl)ccc2C)c1. The maximum atomic E-state index is 12.6. The van der Waals surface area contributed by atoms with Crippen LogP contribution in [0.5, 0.6) is 0 Å². The van der Waals surface area contributed by atoms with Crippen molar-refractivity contribution < 1.29 is 17.9 Å². The monoisotopic (exact) mass is 382 g/mol. The van der Waals surface area contributed by atoms with E-state index in [1.54, 1.807) is 25.1 Å². The number of halogens is 1. The van der Waals surface area contributed by atoms with Gasteiger partial charge in [0.05, 0.1) is 17.2 Å². The van der Waals surface area contributed by atoms with E-state index in [4.69, 9.17) is 16.3 Å². The van der Waals surface area contributed by atoms with Gasteiger partial charge in [-0.3, -0.25) is 9.52 Å². The molecule has 0 radical (unpaired) electrons. The van der Waals surface area contributed by atoms with Gasteiger partial charge >= 0.3 is 0 Å². The largest absolute Gasteiger partial charge is 0.383 e. The van der Waals surface area contributed by atoms with Gasteiger partial charge in [0.1, 0.15) is 0 Å². The number of amides is 1. The van der Waals surface area contributed by atoms with Gasteiger partial charge in [-0.2, -0.15) is 0 Å². The lowest BCUT2D eigenvalue weighted by Crippen LogP contribution is -2.27. The topological polar surface area (TPSA) is 84.5 Å². The van der Waals surface area contributed by atoms with Crippen LogP contribution in [0.4, 0.5) is 5.69 Å². The van der Waals surface area contributed by atoms with E-state index in [1.165, 1.54) is 31.4 Å². The van der Waals surface area contributed by atoms with Gasteiger partial charge in [0.25, 0.3) is 15.9 Å². The van der Waals surface area contributed by atoms with E-state index in [1.807, 2.05) is 0 Å². The lowest BCUT2D eigenvalue weighted by atomic mass is 10.2. The van der Waals surface area contributed by atoms with Crippen LogP contribution in [0.15, 0.2) is 47.4 Å². The van der Waals surface area contributed by atoms with Gasteiger partial charge in [-0.25, -0.2) is 8.42 Å². The summed E-state index contributed by atoms with van der Waals surface area (Å²) in [5, 5.41) is 3.07. The first-order valence-corrected chi connectivity index (χ1v) is 9.36. The van der Waals surface area contributed by atoms with Crippen LogP contribution in [0.3, 0.4) is 0 Å². The number of hydrogen-bond acceptors (Lipinski definition) is 4. The van der Waals surface area contributed by atoms with Crippen molar-refractivity contribution in [3.05, 3.63) is 58.6 Å². The van der Waals surface area contributed by atoms with Crippen molar-refractivity contribution in [2.75, 3.05) is 25.0 Å². The van der Waals surface area contributed by atoms with Crippen LogP contribution in [0.2, 0.25) is 5.02 Å². The molecular weight excluding hydrogens is 364 g/mol.